The van der Waals surface area contributed by atoms with Crippen LogP contribution in [0.4, 0.5) is 0 Å². The van der Waals surface area contributed by atoms with Crippen LogP contribution in [0.1, 0.15) is 66.5 Å². The average molecular weight is 590 g/mol. The molecule has 42 heavy (non-hydrogen) atoms. The van der Waals surface area contributed by atoms with E-state index in [2.05, 4.69) is 16.0 Å². The van der Waals surface area contributed by atoms with Crippen LogP contribution in [0.15, 0.2) is 72.8 Å². The molecule has 1 saturated heterocycles. The lowest BCUT2D eigenvalue weighted by Gasteiger charge is -2.30. The molecule has 2 aromatic carbocycles. The molecule has 0 saturated carbocycles. The van der Waals surface area contributed by atoms with E-state index < -0.39 is 41.5 Å². The van der Waals surface area contributed by atoms with Crippen molar-refractivity contribution < 1.29 is 19.1 Å². The molecule has 1 amide bonds. The number of carbonyl (C=O) groups excluding carboxylic acids is 3. The number of carbonyl (C=O) groups is 3. The highest BCUT2D eigenvalue weighted by atomic mass is 32.1. The Labute approximate surface area is 250 Å². The number of nitrogens with one attached hydrogen (secondary N) is 4. The number of nitrogens with two attached hydrogens (primary N) is 1. The first-order chi connectivity index (χ1) is 20.0. The molecular formula is C32H39N5O4S. The zero-order valence-electron chi connectivity index (χ0n) is 24.2. The number of ether oxygens (including phenoxy) is 1. The maximum absolute atomic E-state index is 14.3. The predicted octanol–water partition coefficient (Wildman–Crippen LogP) is 3.64. The van der Waals surface area contributed by atoms with Gasteiger partial charge < -0.3 is 21.1 Å². The summed E-state index contributed by atoms with van der Waals surface area (Å²) in [4.78, 5) is 42.0. The molecule has 1 fully saturated rings. The van der Waals surface area contributed by atoms with Crippen molar-refractivity contribution in [3.8, 4) is 0 Å². The van der Waals surface area contributed by atoms with Crippen LogP contribution in [0.25, 0.3) is 0 Å². The molecule has 1 aliphatic rings. The fraction of sp³-hybridized carbons (Fsp3) is 0.375. The first-order valence-corrected chi connectivity index (χ1v) is 14.9. The number of nitrogen functional groups attached to an aromatic ring is 1. The van der Waals surface area contributed by atoms with Gasteiger partial charge in [-0.25, -0.2) is 0 Å². The van der Waals surface area contributed by atoms with Gasteiger partial charge in [0.2, 0.25) is 5.91 Å². The third-order valence-electron chi connectivity index (χ3n) is 6.97. The molecule has 3 aromatic rings. The van der Waals surface area contributed by atoms with Crippen LogP contribution in [0.2, 0.25) is 0 Å². The number of hydrogen-bond donors (Lipinski definition) is 5. The quantitative estimate of drug-likeness (QED) is 0.123. The summed E-state index contributed by atoms with van der Waals surface area (Å²) in [6, 6.07) is 20.3. The van der Waals surface area contributed by atoms with Gasteiger partial charge >= 0.3 is 5.97 Å². The molecule has 0 aliphatic carbocycles. The summed E-state index contributed by atoms with van der Waals surface area (Å²) < 4.78 is 5.51. The summed E-state index contributed by atoms with van der Waals surface area (Å²) in [5, 5.41) is 17.2. The van der Waals surface area contributed by atoms with Crippen molar-refractivity contribution in [2.45, 2.75) is 63.3 Å². The van der Waals surface area contributed by atoms with Gasteiger partial charge in [0.25, 0.3) is 0 Å². The zero-order valence-corrected chi connectivity index (χ0v) is 25.0. The van der Waals surface area contributed by atoms with Crippen molar-refractivity contribution in [2.24, 2.45) is 5.73 Å². The lowest BCUT2D eigenvalue weighted by atomic mass is 9.84. The zero-order chi connectivity index (χ0) is 30.3. The van der Waals surface area contributed by atoms with E-state index in [1.165, 1.54) is 11.3 Å². The highest BCUT2D eigenvalue weighted by molar-refractivity contribution is 7.14. The Morgan fingerprint density at radius 2 is 1.64 bits per heavy atom. The van der Waals surface area contributed by atoms with Crippen molar-refractivity contribution in [3.63, 3.8) is 0 Å². The van der Waals surface area contributed by atoms with Crippen molar-refractivity contribution >= 4 is 34.8 Å². The number of esters is 1. The third kappa shape index (κ3) is 8.12. The first kappa shape index (κ1) is 31.1. The Morgan fingerprint density at radius 3 is 2.14 bits per heavy atom. The highest BCUT2D eigenvalue weighted by Gasteiger charge is 2.37. The Kier molecular flexibility index (Phi) is 10.3. The minimum Gasteiger partial charge on any atom is -0.459 e. The molecule has 0 radical (unpaired) electrons. The monoisotopic (exact) mass is 589 g/mol. The smallest absolute Gasteiger partial charge is 0.320 e. The van der Waals surface area contributed by atoms with E-state index in [1.807, 2.05) is 60.7 Å². The standard InChI is InChI=1S/C32H39N5O4S/c1-32(2,3)41-25(38)19-36-28(26(20-11-6-4-7-12-20)21-13-8-5-9-14-21)31(40)37-27(29(39)22-15-10-18-35-22)23-16-17-24(42-23)30(33)34/h4-9,11-14,16-17,22,26-28,35-36H,10,15,18-19H2,1-3H3,(H3,33,34)(H,37,40)/t22-,27?,28+/m0/s1. The van der Waals surface area contributed by atoms with Gasteiger partial charge in [-0.05, 0) is 63.4 Å². The molecule has 6 N–H and O–H groups in total. The van der Waals surface area contributed by atoms with E-state index in [1.54, 1.807) is 32.9 Å². The number of Topliss-reactive ketones (excluding diaryl/α,β-unsaturated/α-hetero) is 1. The maximum atomic E-state index is 14.3. The van der Waals surface area contributed by atoms with E-state index in [4.69, 9.17) is 15.9 Å². The minimum absolute atomic E-state index is 0.104. The number of amides is 1. The number of ketones is 1. The number of thiophene rings is 1. The van der Waals surface area contributed by atoms with Crippen LogP contribution >= 0.6 is 11.3 Å². The summed E-state index contributed by atoms with van der Waals surface area (Å²) in [7, 11) is 0. The number of amidine groups is 1. The van der Waals surface area contributed by atoms with Crippen LogP contribution in [0.5, 0.6) is 0 Å². The molecule has 0 bridgehead atoms. The van der Waals surface area contributed by atoms with Gasteiger partial charge in [-0.3, -0.25) is 25.1 Å². The number of benzene rings is 2. The molecule has 1 unspecified atom stereocenters. The van der Waals surface area contributed by atoms with Crippen molar-refractivity contribution in [2.75, 3.05) is 13.1 Å². The van der Waals surface area contributed by atoms with Crippen LogP contribution in [0, 0.1) is 5.41 Å². The van der Waals surface area contributed by atoms with Crippen LogP contribution < -0.4 is 21.7 Å². The molecule has 9 nitrogen and oxygen atoms in total. The highest BCUT2D eigenvalue weighted by Crippen LogP contribution is 2.31. The van der Waals surface area contributed by atoms with Gasteiger partial charge in [0, 0.05) is 10.8 Å². The largest absolute Gasteiger partial charge is 0.459 e. The maximum Gasteiger partial charge on any atom is 0.320 e. The fourth-order valence-electron chi connectivity index (χ4n) is 5.13. The summed E-state index contributed by atoms with van der Waals surface area (Å²) in [6.45, 7) is 5.88. The molecule has 10 heteroatoms. The second kappa shape index (κ2) is 13.9. The Morgan fingerprint density at radius 1 is 1.02 bits per heavy atom. The topological polar surface area (TPSA) is 146 Å². The van der Waals surface area contributed by atoms with Crippen LogP contribution in [-0.4, -0.2) is 54.3 Å². The summed E-state index contributed by atoms with van der Waals surface area (Å²) in [5.74, 6) is -1.67. The summed E-state index contributed by atoms with van der Waals surface area (Å²) in [6.07, 6.45) is 1.54. The molecule has 222 valence electrons. The Balaban J connectivity index is 1.72. The van der Waals surface area contributed by atoms with E-state index in [-0.39, 0.29) is 18.2 Å². The van der Waals surface area contributed by atoms with Crippen molar-refractivity contribution in [3.05, 3.63) is 93.7 Å². The van der Waals surface area contributed by atoms with Crippen molar-refractivity contribution in [1.82, 2.24) is 16.0 Å². The van der Waals surface area contributed by atoms with Gasteiger partial charge in [0.15, 0.2) is 5.78 Å². The van der Waals surface area contributed by atoms with Crippen LogP contribution in [0.3, 0.4) is 0 Å². The average Bonchev–Trinajstić information content (AvgIpc) is 3.67. The first-order valence-electron chi connectivity index (χ1n) is 14.1. The van der Waals surface area contributed by atoms with Crippen LogP contribution in [-0.2, 0) is 19.1 Å². The molecule has 1 aliphatic heterocycles. The molecule has 1 aromatic heterocycles. The lowest BCUT2D eigenvalue weighted by molar-refractivity contribution is -0.153. The molecular weight excluding hydrogens is 550 g/mol. The second-order valence-corrected chi connectivity index (χ2v) is 12.5. The van der Waals surface area contributed by atoms with E-state index in [9.17, 15) is 14.4 Å². The lowest BCUT2D eigenvalue weighted by Crippen LogP contribution is -2.53. The Bertz CT molecular complexity index is 1340. The predicted molar refractivity (Wildman–Crippen MR) is 165 cm³/mol. The normalized spacial score (nSPS) is 16.5. The van der Waals surface area contributed by atoms with Gasteiger partial charge in [-0.2, -0.15) is 0 Å². The molecule has 3 atom stereocenters. The SMILES string of the molecule is CC(C)(C)OC(=O)CN[C@@H](C(=O)NC(C(=O)[C@@H]1CCCN1)c1ccc(C(=N)N)s1)C(c1ccccc1)c1ccccc1. The molecule has 4 rings (SSSR count). The molecule has 0 spiro atoms. The third-order valence-corrected chi connectivity index (χ3v) is 8.15. The van der Waals surface area contributed by atoms with Gasteiger partial charge in [-0.1, -0.05) is 60.7 Å². The number of rotatable bonds is 12. The van der Waals surface area contributed by atoms with Gasteiger partial charge in [-0.15, -0.1) is 11.3 Å². The van der Waals surface area contributed by atoms with Gasteiger partial charge in [0.1, 0.15) is 17.5 Å². The van der Waals surface area contributed by atoms with E-state index >= 15 is 0 Å². The van der Waals surface area contributed by atoms with E-state index in [0.717, 1.165) is 24.1 Å². The molecule has 2 heterocycles. The summed E-state index contributed by atoms with van der Waals surface area (Å²) in [5.41, 5.74) is 6.77. The minimum atomic E-state index is -0.954. The van der Waals surface area contributed by atoms with Gasteiger partial charge in [0.05, 0.1) is 23.5 Å². The summed E-state index contributed by atoms with van der Waals surface area (Å²) >= 11 is 1.21. The Hall–Kier alpha value is -3.86. The van der Waals surface area contributed by atoms with Crippen molar-refractivity contribution in [1.29, 1.82) is 5.41 Å². The number of hydrogen-bond acceptors (Lipinski definition) is 8. The second-order valence-electron chi connectivity index (χ2n) is 11.4. The fourth-order valence-corrected chi connectivity index (χ4v) is 6.06. The van der Waals surface area contributed by atoms with E-state index in [0.29, 0.717) is 16.2 Å².